The summed E-state index contributed by atoms with van der Waals surface area (Å²) in [5.74, 6) is 1.37. The van der Waals surface area contributed by atoms with Crippen LogP contribution in [-0.2, 0) is 6.18 Å². The smallest absolute Gasteiger partial charge is 0.433 e. The molecule has 0 radical (unpaired) electrons. The van der Waals surface area contributed by atoms with Crippen molar-refractivity contribution >= 4 is 5.95 Å². The maximum absolute atomic E-state index is 12.7. The molecule has 0 aromatic carbocycles. The molecule has 0 spiro atoms. The molecule has 2 aromatic rings. The van der Waals surface area contributed by atoms with E-state index in [0.717, 1.165) is 32.0 Å². The maximum atomic E-state index is 12.7. The van der Waals surface area contributed by atoms with Gasteiger partial charge in [0.15, 0.2) is 0 Å². The zero-order chi connectivity index (χ0) is 18.6. The molecule has 26 heavy (non-hydrogen) atoms. The first-order valence-electron chi connectivity index (χ1n) is 8.25. The van der Waals surface area contributed by atoms with E-state index in [2.05, 4.69) is 19.9 Å². The first-order chi connectivity index (χ1) is 12.5. The van der Waals surface area contributed by atoms with Crippen molar-refractivity contribution in [3.8, 4) is 11.8 Å². The van der Waals surface area contributed by atoms with Crippen LogP contribution >= 0.6 is 0 Å². The minimum Gasteiger partial charge on any atom is -0.481 e. The van der Waals surface area contributed by atoms with E-state index < -0.39 is 11.9 Å². The summed E-state index contributed by atoms with van der Waals surface area (Å²) in [6, 6.07) is 5.36. The van der Waals surface area contributed by atoms with E-state index in [0.29, 0.717) is 18.4 Å². The van der Waals surface area contributed by atoms with Crippen LogP contribution in [0.3, 0.4) is 0 Å². The van der Waals surface area contributed by atoms with Gasteiger partial charge in [-0.05, 0) is 24.8 Å². The van der Waals surface area contributed by atoms with Crippen molar-refractivity contribution in [3.05, 3.63) is 36.2 Å². The van der Waals surface area contributed by atoms with Crippen molar-refractivity contribution < 1.29 is 22.6 Å². The number of halogens is 3. The average Bonchev–Trinajstić information content (AvgIpc) is 2.66. The third-order valence-corrected chi connectivity index (χ3v) is 4.20. The van der Waals surface area contributed by atoms with Crippen LogP contribution in [0.1, 0.15) is 18.5 Å². The Labute approximate surface area is 149 Å². The number of nitrogens with zero attached hydrogens (tertiary/aromatic N) is 4. The highest BCUT2D eigenvalue weighted by Gasteiger charge is 2.32. The van der Waals surface area contributed by atoms with Crippen LogP contribution in [0.4, 0.5) is 19.1 Å². The number of hydrogen-bond donors (Lipinski definition) is 0. The van der Waals surface area contributed by atoms with Gasteiger partial charge in [-0.1, -0.05) is 6.07 Å². The van der Waals surface area contributed by atoms with Crippen molar-refractivity contribution in [1.82, 2.24) is 15.0 Å². The monoisotopic (exact) mass is 368 g/mol. The lowest BCUT2D eigenvalue weighted by atomic mass is 9.98. The van der Waals surface area contributed by atoms with Crippen molar-refractivity contribution in [3.63, 3.8) is 0 Å². The fourth-order valence-electron chi connectivity index (χ4n) is 2.75. The molecule has 0 aliphatic carbocycles. The molecule has 3 heterocycles. The van der Waals surface area contributed by atoms with Gasteiger partial charge in [-0.15, -0.1) is 0 Å². The zero-order valence-electron chi connectivity index (χ0n) is 14.2. The number of anilines is 1. The third kappa shape index (κ3) is 4.53. The van der Waals surface area contributed by atoms with Gasteiger partial charge in [-0.25, -0.2) is 9.97 Å². The largest absolute Gasteiger partial charge is 0.481 e. The number of alkyl halides is 3. The fourth-order valence-corrected chi connectivity index (χ4v) is 2.75. The number of rotatable bonds is 5. The molecule has 2 aromatic heterocycles. The summed E-state index contributed by atoms with van der Waals surface area (Å²) in [4.78, 5) is 14.1. The quantitative estimate of drug-likeness (QED) is 0.808. The van der Waals surface area contributed by atoms with E-state index in [1.807, 2.05) is 0 Å². The molecule has 6 nitrogen and oxygen atoms in total. The number of aromatic nitrogens is 3. The Morgan fingerprint density at radius 2 is 1.88 bits per heavy atom. The average molecular weight is 368 g/mol. The van der Waals surface area contributed by atoms with Crippen LogP contribution in [0, 0.1) is 5.92 Å². The van der Waals surface area contributed by atoms with Crippen LogP contribution in [0.2, 0.25) is 0 Å². The highest BCUT2D eigenvalue weighted by atomic mass is 19.4. The first kappa shape index (κ1) is 18.2. The lowest BCUT2D eigenvalue weighted by Crippen LogP contribution is -2.36. The number of hydrogen-bond acceptors (Lipinski definition) is 6. The van der Waals surface area contributed by atoms with E-state index in [9.17, 15) is 13.2 Å². The van der Waals surface area contributed by atoms with Crippen molar-refractivity contribution in [1.29, 1.82) is 0 Å². The van der Waals surface area contributed by atoms with Gasteiger partial charge in [0.2, 0.25) is 17.7 Å². The molecule has 1 aliphatic heterocycles. The molecular weight excluding hydrogens is 349 g/mol. The highest BCUT2D eigenvalue weighted by Crippen LogP contribution is 2.29. The van der Waals surface area contributed by atoms with Crippen molar-refractivity contribution in [2.45, 2.75) is 19.0 Å². The van der Waals surface area contributed by atoms with E-state index in [4.69, 9.17) is 9.47 Å². The van der Waals surface area contributed by atoms with Gasteiger partial charge in [-0.2, -0.15) is 18.2 Å². The molecule has 0 saturated carbocycles. The van der Waals surface area contributed by atoms with Gasteiger partial charge >= 0.3 is 6.18 Å². The number of ether oxygens (including phenoxy) is 2. The summed E-state index contributed by atoms with van der Waals surface area (Å²) in [7, 11) is 1.55. The molecule has 1 aliphatic rings. The van der Waals surface area contributed by atoms with E-state index in [-0.39, 0.29) is 11.8 Å². The second-order valence-corrected chi connectivity index (χ2v) is 6.00. The Hall–Kier alpha value is -2.58. The molecule has 0 unspecified atom stereocenters. The molecule has 0 atom stereocenters. The van der Waals surface area contributed by atoms with Gasteiger partial charge in [0.05, 0.1) is 13.7 Å². The van der Waals surface area contributed by atoms with Gasteiger partial charge in [0, 0.05) is 31.4 Å². The summed E-state index contributed by atoms with van der Waals surface area (Å²) in [5.41, 5.74) is -0.944. The predicted octanol–water partition coefficient (Wildman–Crippen LogP) is 3.19. The van der Waals surface area contributed by atoms with E-state index in [1.54, 1.807) is 19.4 Å². The Morgan fingerprint density at radius 1 is 1.12 bits per heavy atom. The molecule has 140 valence electrons. The maximum Gasteiger partial charge on any atom is 0.433 e. The Kier molecular flexibility index (Phi) is 5.43. The van der Waals surface area contributed by atoms with Crippen molar-refractivity contribution in [2.75, 3.05) is 31.7 Å². The van der Waals surface area contributed by atoms with Gasteiger partial charge in [0.25, 0.3) is 0 Å². The second kappa shape index (κ2) is 7.76. The lowest BCUT2D eigenvalue weighted by Gasteiger charge is -2.31. The molecule has 0 amide bonds. The zero-order valence-corrected chi connectivity index (χ0v) is 14.2. The summed E-state index contributed by atoms with van der Waals surface area (Å²) >= 11 is 0. The topological polar surface area (TPSA) is 60.4 Å². The minimum absolute atomic E-state index is 0.00150. The van der Waals surface area contributed by atoms with E-state index >= 15 is 0 Å². The standard InChI is InChI=1S/C17H19F3N4O2/c1-25-14-5-8-21-16(23-14)24-9-6-12(7-10-24)11-26-15-4-2-3-13(22-15)17(18,19)20/h2-5,8,12H,6-7,9-11H2,1H3. The Balaban J connectivity index is 1.51. The fraction of sp³-hybridized carbons (Fsp3) is 0.471. The van der Waals surface area contributed by atoms with Crippen LogP contribution in [-0.4, -0.2) is 41.8 Å². The van der Waals surface area contributed by atoms with Crippen LogP contribution in [0.15, 0.2) is 30.5 Å². The summed E-state index contributed by atoms with van der Waals surface area (Å²) in [6.45, 7) is 1.83. The first-order valence-corrected chi connectivity index (χ1v) is 8.25. The SMILES string of the molecule is COc1ccnc(N2CCC(COc3cccc(C(F)(F)F)n3)CC2)n1. The predicted molar refractivity (Wildman–Crippen MR) is 88.3 cm³/mol. The number of pyridine rings is 1. The van der Waals surface area contributed by atoms with Crippen LogP contribution in [0.5, 0.6) is 11.8 Å². The summed E-state index contributed by atoms with van der Waals surface area (Å²) in [5, 5.41) is 0. The molecule has 1 fully saturated rings. The Bertz CT molecular complexity index is 734. The van der Waals surface area contributed by atoms with Crippen LogP contribution < -0.4 is 14.4 Å². The van der Waals surface area contributed by atoms with Gasteiger partial charge in [0.1, 0.15) is 5.69 Å². The molecule has 1 saturated heterocycles. The second-order valence-electron chi connectivity index (χ2n) is 6.00. The molecular formula is C17H19F3N4O2. The number of methoxy groups -OCH3 is 1. The van der Waals surface area contributed by atoms with Crippen LogP contribution in [0.25, 0.3) is 0 Å². The number of piperidine rings is 1. The van der Waals surface area contributed by atoms with Gasteiger partial charge in [-0.3, -0.25) is 0 Å². The van der Waals surface area contributed by atoms with E-state index in [1.165, 1.54) is 12.1 Å². The molecule has 0 N–H and O–H groups in total. The van der Waals surface area contributed by atoms with Gasteiger partial charge < -0.3 is 14.4 Å². The van der Waals surface area contributed by atoms with Crippen molar-refractivity contribution in [2.24, 2.45) is 5.92 Å². The minimum atomic E-state index is -4.47. The highest BCUT2D eigenvalue weighted by molar-refractivity contribution is 5.32. The lowest BCUT2D eigenvalue weighted by molar-refractivity contribution is -0.141. The summed E-state index contributed by atoms with van der Waals surface area (Å²) in [6.07, 6.45) is -1.16. The molecule has 0 bridgehead atoms. The third-order valence-electron chi connectivity index (χ3n) is 4.20. The molecule has 3 rings (SSSR count). The molecule has 9 heteroatoms. The summed E-state index contributed by atoms with van der Waals surface area (Å²) < 4.78 is 48.6. The Morgan fingerprint density at radius 3 is 2.58 bits per heavy atom. The normalized spacial score (nSPS) is 15.8.